The van der Waals surface area contributed by atoms with Crippen LogP contribution in [0.15, 0.2) is 17.9 Å². The van der Waals surface area contributed by atoms with Gasteiger partial charge in [-0.1, -0.05) is 0 Å². The van der Waals surface area contributed by atoms with Crippen LogP contribution in [0.25, 0.3) is 0 Å². The number of nitrogens with zero attached hydrogens (tertiary/aromatic N) is 5. The standard InChI is InChI=1S/C19H27N5OS.C2HF3O2/c1-15-21-16(13-26-15)11-24-18(25)4-6-19(24)5-3-8-23(9-7-19)12-17-10-20-14-22(17)2;3-2(4,5)1(6)7/h10,13-14H,3-9,11-12H2,1-2H3;(H,6,7). The molecule has 0 aliphatic carbocycles. The van der Waals surface area contributed by atoms with E-state index < -0.39 is 12.1 Å². The first kappa shape index (κ1) is 25.2. The number of amides is 1. The Morgan fingerprint density at radius 3 is 2.55 bits per heavy atom. The summed E-state index contributed by atoms with van der Waals surface area (Å²) >= 11 is 1.67. The molecule has 1 amide bonds. The van der Waals surface area contributed by atoms with E-state index in [-0.39, 0.29) is 5.54 Å². The number of hydrogen-bond donors (Lipinski definition) is 1. The summed E-state index contributed by atoms with van der Waals surface area (Å²) in [4.78, 5) is 35.0. The molecule has 182 valence electrons. The van der Waals surface area contributed by atoms with Crippen molar-refractivity contribution >= 4 is 23.2 Å². The number of carbonyl (C=O) groups excluding carboxylic acids is 1. The lowest BCUT2D eigenvalue weighted by molar-refractivity contribution is -0.192. The molecule has 0 radical (unpaired) electrons. The van der Waals surface area contributed by atoms with Crippen molar-refractivity contribution < 1.29 is 27.9 Å². The average Bonchev–Trinajstić information content (AvgIpc) is 3.37. The van der Waals surface area contributed by atoms with Crippen LogP contribution in [-0.2, 0) is 29.7 Å². The van der Waals surface area contributed by atoms with Gasteiger partial charge in [0.15, 0.2) is 0 Å². The average molecular weight is 488 g/mol. The van der Waals surface area contributed by atoms with Gasteiger partial charge in [-0.2, -0.15) is 13.2 Å². The molecule has 1 atom stereocenters. The van der Waals surface area contributed by atoms with Crippen LogP contribution >= 0.6 is 11.3 Å². The molecule has 2 aromatic rings. The predicted octanol–water partition coefficient (Wildman–Crippen LogP) is 3.37. The van der Waals surface area contributed by atoms with Gasteiger partial charge < -0.3 is 14.6 Å². The molecule has 0 aromatic carbocycles. The molecule has 2 fully saturated rings. The lowest BCUT2D eigenvalue weighted by Gasteiger charge is -2.38. The quantitative estimate of drug-likeness (QED) is 0.711. The minimum atomic E-state index is -5.08. The second-order valence-electron chi connectivity index (χ2n) is 8.49. The van der Waals surface area contributed by atoms with Crippen molar-refractivity contribution in [3.05, 3.63) is 34.3 Å². The summed E-state index contributed by atoms with van der Waals surface area (Å²) in [5.41, 5.74) is 2.31. The summed E-state index contributed by atoms with van der Waals surface area (Å²) < 4.78 is 33.8. The van der Waals surface area contributed by atoms with E-state index in [1.165, 1.54) is 5.69 Å². The number of hydrogen-bond acceptors (Lipinski definition) is 6. The Hall–Kier alpha value is -2.47. The molecule has 12 heteroatoms. The van der Waals surface area contributed by atoms with Gasteiger partial charge in [0.25, 0.3) is 0 Å². The van der Waals surface area contributed by atoms with Crippen molar-refractivity contribution in [2.75, 3.05) is 13.1 Å². The molecule has 2 aliphatic heterocycles. The van der Waals surface area contributed by atoms with E-state index in [9.17, 15) is 18.0 Å². The van der Waals surface area contributed by atoms with Crippen molar-refractivity contribution in [2.24, 2.45) is 7.05 Å². The molecule has 0 saturated carbocycles. The van der Waals surface area contributed by atoms with Gasteiger partial charge in [-0.3, -0.25) is 9.69 Å². The second-order valence-corrected chi connectivity index (χ2v) is 9.55. The first-order valence-corrected chi connectivity index (χ1v) is 11.6. The third kappa shape index (κ3) is 6.32. The number of rotatable bonds is 4. The molecule has 2 aliphatic rings. The molecule has 4 heterocycles. The number of aryl methyl sites for hydroxylation is 2. The highest BCUT2D eigenvalue weighted by Crippen LogP contribution is 2.40. The van der Waals surface area contributed by atoms with E-state index in [0.717, 1.165) is 56.0 Å². The molecular formula is C21H28F3N5O3S. The Morgan fingerprint density at radius 2 is 1.97 bits per heavy atom. The highest BCUT2D eigenvalue weighted by Gasteiger charge is 2.45. The topological polar surface area (TPSA) is 91.6 Å². The molecule has 1 spiro atoms. The van der Waals surface area contributed by atoms with Crippen molar-refractivity contribution in [1.82, 2.24) is 24.3 Å². The van der Waals surface area contributed by atoms with Gasteiger partial charge in [-0.25, -0.2) is 14.8 Å². The maximum Gasteiger partial charge on any atom is 0.490 e. The van der Waals surface area contributed by atoms with Gasteiger partial charge in [-0.15, -0.1) is 11.3 Å². The van der Waals surface area contributed by atoms with E-state index >= 15 is 0 Å². The molecule has 8 nitrogen and oxygen atoms in total. The van der Waals surface area contributed by atoms with Gasteiger partial charge in [-0.05, 0) is 39.2 Å². The van der Waals surface area contributed by atoms with Crippen LogP contribution in [0.5, 0.6) is 0 Å². The van der Waals surface area contributed by atoms with E-state index in [4.69, 9.17) is 9.90 Å². The third-order valence-corrected chi connectivity index (χ3v) is 7.04. The van der Waals surface area contributed by atoms with Crippen LogP contribution < -0.4 is 0 Å². The number of aromatic nitrogens is 3. The molecule has 2 aromatic heterocycles. The predicted molar refractivity (Wildman–Crippen MR) is 115 cm³/mol. The first-order chi connectivity index (χ1) is 15.5. The highest BCUT2D eigenvalue weighted by molar-refractivity contribution is 7.09. The van der Waals surface area contributed by atoms with Crippen LogP contribution in [0, 0.1) is 6.92 Å². The van der Waals surface area contributed by atoms with Crippen LogP contribution in [0.1, 0.15) is 48.5 Å². The number of aliphatic carboxylic acids is 1. The number of alkyl halides is 3. The summed E-state index contributed by atoms with van der Waals surface area (Å²) in [5, 5.41) is 10.3. The lowest BCUT2D eigenvalue weighted by Crippen LogP contribution is -2.46. The fraction of sp³-hybridized carbons (Fsp3) is 0.619. The Kier molecular flexibility index (Phi) is 7.78. The molecule has 1 unspecified atom stereocenters. The summed E-state index contributed by atoms with van der Waals surface area (Å²) in [7, 11) is 2.05. The molecule has 33 heavy (non-hydrogen) atoms. The molecule has 0 bridgehead atoms. The third-order valence-electron chi connectivity index (χ3n) is 6.22. The maximum absolute atomic E-state index is 12.6. The summed E-state index contributed by atoms with van der Waals surface area (Å²) in [6.45, 7) is 5.75. The van der Waals surface area contributed by atoms with Gasteiger partial charge in [0, 0.05) is 43.7 Å². The number of carboxylic acid groups (broad SMARTS) is 1. The Morgan fingerprint density at radius 1 is 1.24 bits per heavy atom. The van der Waals surface area contributed by atoms with Gasteiger partial charge in [0.2, 0.25) is 5.91 Å². The normalized spacial score (nSPS) is 21.7. The first-order valence-electron chi connectivity index (χ1n) is 10.7. The largest absolute Gasteiger partial charge is 0.490 e. The monoisotopic (exact) mass is 487 g/mol. The molecule has 2 saturated heterocycles. The van der Waals surface area contributed by atoms with Crippen molar-refractivity contribution in [1.29, 1.82) is 0 Å². The fourth-order valence-corrected chi connectivity index (χ4v) is 5.06. The zero-order valence-corrected chi connectivity index (χ0v) is 19.5. The fourth-order valence-electron chi connectivity index (χ4n) is 4.45. The number of carbonyl (C=O) groups is 2. The number of carboxylic acids is 1. The Bertz CT molecular complexity index is 977. The number of likely N-dealkylation sites (tertiary alicyclic amines) is 2. The molecule has 4 rings (SSSR count). The highest BCUT2D eigenvalue weighted by atomic mass is 32.1. The van der Waals surface area contributed by atoms with Crippen LogP contribution in [0.3, 0.4) is 0 Å². The number of imidazole rings is 1. The maximum atomic E-state index is 12.6. The zero-order valence-electron chi connectivity index (χ0n) is 18.6. The minimum absolute atomic E-state index is 0.0236. The summed E-state index contributed by atoms with van der Waals surface area (Å²) in [6, 6.07) is 0. The number of halogens is 3. The Labute approximate surface area is 194 Å². The number of thiazole rings is 1. The van der Waals surface area contributed by atoms with Crippen molar-refractivity contribution in [2.45, 2.75) is 63.8 Å². The minimum Gasteiger partial charge on any atom is -0.475 e. The van der Waals surface area contributed by atoms with E-state index in [2.05, 4.69) is 36.8 Å². The van der Waals surface area contributed by atoms with E-state index in [1.54, 1.807) is 11.3 Å². The summed E-state index contributed by atoms with van der Waals surface area (Å²) in [5.74, 6) is -2.46. The van der Waals surface area contributed by atoms with E-state index in [0.29, 0.717) is 18.9 Å². The van der Waals surface area contributed by atoms with Crippen LogP contribution in [0.4, 0.5) is 13.2 Å². The van der Waals surface area contributed by atoms with Gasteiger partial charge in [0.1, 0.15) is 0 Å². The van der Waals surface area contributed by atoms with Gasteiger partial charge >= 0.3 is 12.1 Å². The Balaban J connectivity index is 0.000000383. The van der Waals surface area contributed by atoms with Crippen LogP contribution in [0.2, 0.25) is 0 Å². The smallest absolute Gasteiger partial charge is 0.475 e. The second kappa shape index (κ2) is 10.2. The molecule has 1 N–H and O–H groups in total. The SMILES string of the molecule is Cc1nc(CN2C(=O)CCC23CCCN(Cc2cncn2C)CC3)cs1.O=C(O)C(F)(F)F. The van der Waals surface area contributed by atoms with Crippen molar-refractivity contribution in [3.63, 3.8) is 0 Å². The van der Waals surface area contributed by atoms with Gasteiger partial charge in [0.05, 0.1) is 29.3 Å². The zero-order chi connectivity index (χ0) is 24.2. The summed E-state index contributed by atoms with van der Waals surface area (Å²) in [6.07, 6.45) is 3.71. The molecular weight excluding hydrogens is 459 g/mol. The van der Waals surface area contributed by atoms with E-state index in [1.807, 2.05) is 19.4 Å². The lowest BCUT2D eigenvalue weighted by atomic mass is 9.87. The van der Waals surface area contributed by atoms with Crippen LogP contribution in [-0.4, -0.2) is 66.1 Å². The van der Waals surface area contributed by atoms with Crippen molar-refractivity contribution in [3.8, 4) is 0 Å².